The fraction of sp³-hybridized carbons (Fsp3) is 0.900. The molecule has 3 nitrogen and oxygen atoms in total. The van der Waals surface area contributed by atoms with Gasteiger partial charge in [-0.1, -0.05) is 6.92 Å². The van der Waals surface area contributed by atoms with Gasteiger partial charge in [-0.15, -0.1) is 0 Å². The van der Waals surface area contributed by atoms with Crippen molar-refractivity contribution in [3.05, 3.63) is 0 Å². The highest BCUT2D eigenvalue weighted by Gasteiger charge is 2.40. The monoisotopic (exact) mass is 220 g/mol. The molecule has 1 fully saturated rings. The van der Waals surface area contributed by atoms with Crippen LogP contribution < -0.4 is 5.73 Å². The van der Waals surface area contributed by atoms with Gasteiger partial charge in [0.05, 0.1) is 0 Å². The van der Waals surface area contributed by atoms with Gasteiger partial charge in [-0.05, 0) is 25.3 Å². The number of likely N-dealkylation sites (tertiary alicyclic amines) is 1. The number of nitrogens with two attached hydrogens (primary N) is 1. The molecule has 0 aromatic heterocycles. The standard InChI is InChI=1S/C10H18F2N2O/c1-2-10(11,12)9(15)14-5-3-8(7-13)4-6-14/h8H,2-7,13H2,1H3. The zero-order chi connectivity index (χ0) is 11.5. The number of carbonyl (C=O) groups excluding carboxylic acids is 1. The first kappa shape index (κ1) is 12.4. The van der Waals surface area contributed by atoms with Crippen LogP contribution in [0.25, 0.3) is 0 Å². The zero-order valence-corrected chi connectivity index (χ0v) is 9.01. The molecule has 1 rings (SSSR count). The van der Waals surface area contributed by atoms with Crippen molar-refractivity contribution in [3.63, 3.8) is 0 Å². The van der Waals surface area contributed by atoms with Crippen molar-refractivity contribution < 1.29 is 13.6 Å². The van der Waals surface area contributed by atoms with Crippen molar-refractivity contribution in [2.45, 2.75) is 32.1 Å². The van der Waals surface area contributed by atoms with Gasteiger partial charge in [-0.2, -0.15) is 8.78 Å². The third-order valence-electron chi connectivity index (χ3n) is 2.99. The fourth-order valence-electron chi connectivity index (χ4n) is 1.75. The minimum atomic E-state index is -3.20. The molecule has 15 heavy (non-hydrogen) atoms. The second-order valence-corrected chi connectivity index (χ2v) is 4.03. The molecule has 0 unspecified atom stereocenters. The fourth-order valence-corrected chi connectivity index (χ4v) is 1.75. The van der Waals surface area contributed by atoms with Crippen molar-refractivity contribution in [1.29, 1.82) is 0 Å². The lowest BCUT2D eigenvalue weighted by Gasteiger charge is -2.33. The molecule has 0 spiro atoms. The maximum atomic E-state index is 13.1. The summed E-state index contributed by atoms with van der Waals surface area (Å²) in [6, 6.07) is 0. The zero-order valence-electron chi connectivity index (χ0n) is 9.01. The summed E-state index contributed by atoms with van der Waals surface area (Å²) in [5.74, 6) is -3.85. The molecule has 0 bridgehead atoms. The van der Waals surface area contributed by atoms with Gasteiger partial charge in [0.25, 0.3) is 5.91 Å². The number of halogens is 2. The minimum absolute atomic E-state index is 0.379. The predicted molar refractivity (Wildman–Crippen MR) is 53.6 cm³/mol. The average molecular weight is 220 g/mol. The number of nitrogens with zero attached hydrogens (tertiary/aromatic N) is 1. The van der Waals surface area contributed by atoms with E-state index in [9.17, 15) is 13.6 Å². The second-order valence-electron chi connectivity index (χ2n) is 4.03. The summed E-state index contributed by atoms with van der Waals surface area (Å²) < 4.78 is 26.2. The molecular weight excluding hydrogens is 202 g/mol. The first-order chi connectivity index (χ1) is 7.01. The maximum absolute atomic E-state index is 13.1. The molecule has 1 saturated heterocycles. The molecule has 0 aromatic carbocycles. The average Bonchev–Trinajstić information content (AvgIpc) is 2.28. The quantitative estimate of drug-likeness (QED) is 0.777. The highest BCUT2D eigenvalue weighted by atomic mass is 19.3. The summed E-state index contributed by atoms with van der Waals surface area (Å²) in [5, 5.41) is 0. The van der Waals surface area contributed by atoms with E-state index >= 15 is 0 Å². The van der Waals surface area contributed by atoms with Crippen LogP contribution >= 0.6 is 0 Å². The Balaban J connectivity index is 2.50. The van der Waals surface area contributed by atoms with Crippen molar-refractivity contribution in [3.8, 4) is 0 Å². The third kappa shape index (κ3) is 2.87. The normalized spacial score (nSPS) is 19.3. The number of rotatable bonds is 3. The lowest BCUT2D eigenvalue weighted by atomic mass is 9.96. The van der Waals surface area contributed by atoms with E-state index < -0.39 is 18.3 Å². The Hall–Kier alpha value is -0.710. The van der Waals surface area contributed by atoms with Crippen molar-refractivity contribution in [2.75, 3.05) is 19.6 Å². The molecule has 0 atom stereocenters. The SMILES string of the molecule is CCC(F)(F)C(=O)N1CCC(CN)CC1. The summed E-state index contributed by atoms with van der Waals surface area (Å²) in [6.45, 7) is 2.73. The summed E-state index contributed by atoms with van der Waals surface area (Å²) in [7, 11) is 0. The van der Waals surface area contributed by atoms with Gasteiger partial charge in [-0.3, -0.25) is 4.79 Å². The van der Waals surface area contributed by atoms with Gasteiger partial charge < -0.3 is 10.6 Å². The van der Waals surface area contributed by atoms with E-state index in [1.54, 1.807) is 0 Å². The van der Waals surface area contributed by atoms with E-state index in [2.05, 4.69) is 0 Å². The van der Waals surface area contributed by atoms with Crippen LogP contribution in [-0.4, -0.2) is 36.4 Å². The highest BCUT2D eigenvalue weighted by molar-refractivity contribution is 5.83. The van der Waals surface area contributed by atoms with Gasteiger partial charge in [0, 0.05) is 19.5 Å². The van der Waals surface area contributed by atoms with Crippen molar-refractivity contribution >= 4 is 5.91 Å². The summed E-state index contributed by atoms with van der Waals surface area (Å²) >= 11 is 0. The van der Waals surface area contributed by atoms with E-state index in [4.69, 9.17) is 5.73 Å². The Morgan fingerprint density at radius 1 is 1.47 bits per heavy atom. The first-order valence-electron chi connectivity index (χ1n) is 5.38. The van der Waals surface area contributed by atoms with Crippen LogP contribution in [0.5, 0.6) is 0 Å². The molecule has 0 aliphatic carbocycles. The van der Waals surface area contributed by atoms with Crippen LogP contribution in [0.15, 0.2) is 0 Å². The molecule has 88 valence electrons. The number of alkyl halides is 2. The summed E-state index contributed by atoms with van der Waals surface area (Å²) in [5.41, 5.74) is 5.49. The van der Waals surface area contributed by atoms with E-state index in [1.165, 1.54) is 11.8 Å². The van der Waals surface area contributed by atoms with E-state index in [-0.39, 0.29) is 0 Å². The number of amides is 1. The van der Waals surface area contributed by atoms with Crippen molar-refractivity contribution in [1.82, 2.24) is 4.90 Å². The highest BCUT2D eigenvalue weighted by Crippen LogP contribution is 2.24. The lowest BCUT2D eigenvalue weighted by molar-refractivity contribution is -0.159. The lowest BCUT2D eigenvalue weighted by Crippen LogP contribution is -2.47. The number of carbonyl (C=O) groups is 1. The van der Waals surface area contributed by atoms with Crippen LogP contribution in [0.3, 0.4) is 0 Å². The van der Waals surface area contributed by atoms with Gasteiger partial charge >= 0.3 is 5.92 Å². The Bertz CT molecular complexity index is 225. The van der Waals surface area contributed by atoms with Gasteiger partial charge in [-0.25, -0.2) is 0 Å². The first-order valence-corrected chi connectivity index (χ1v) is 5.38. The Morgan fingerprint density at radius 2 is 2.00 bits per heavy atom. The van der Waals surface area contributed by atoms with Crippen LogP contribution in [-0.2, 0) is 4.79 Å². The number of piperidine rings is 1. The Morgan fingerprint density at radius 3 is 2.40 bits per heavy atom. The molecule has 0 radical (unpaired) electrons. The van der Waals surface area contributed by atoms with Crippen LogP contribution in [0.2, 0.25) is 0 Å². The van der Waals surface area contributed by atoms with Crippen LogP contribution in [0, 0.1) is 5.92 Å². The topological polar surface area (TPSA) is 46.3 Å². The van der Waals surface area contributed by atoms with E-state index in [0.717, 1.165) is 12.8 Å². The third-order valence-corrected chi connectivity index (χ3v) is 2.99. The van der Waals surface area contributed by atoms with E-state index in [0.29, 0.717) is 25.6 Å². The molecule has 0 aromatic rings. The minimum Gasteiger partial charge on any atom is -0.337 e. The molecule has 1 amide bonds. The van der Waals surface area contributed by atoms with Crippen LogP contribution in [0.4, 0.5) is 8.78 Å². The Kier molecular flexibility index (Phi) is 4.02. The van der Waals surface area contributed by atoms with Gasteiger partial charge in [0.15, 0.2) is 0 Å². The summed E-state index contributed by atoms with van der Waals surface area (Å²) in [6.07, 6.45) is 1.05. The molecule has 0 saturated carbocycles. The largest absolute Gasteiger partial charge is 0.337 e. The number of hydrogen-bond donors (Lipinski definition) is 1. The van der Waals surface area contributed by atoms with Crippen molar-refractivity contribution in [2.24, 2.45) is 11.7 Å². The van der Waals surface area contributed by atoms with Gasteiger partial charge in [0.2, 0.25) is 0 Å². The smallest absolute Gasteiger partial charge is 0.324 e. The van der Waals surface area contributed by atoms with Gasteiger partial charge in [0.1, 0.15) is 0 Å². The maximum Gasteiger partial charge on any atom is 0.324 e. The predicted octanol–water partition coefficient (Wildman–Crippen LogP) is 1.23. The second kappa shape index (κ2) is 4.88. The molecule has 2 N–H and O–H groups in total. The van der Waals surface area contributed by atoms with E-state index in [1.807, 2.05) is 0 Å². The molecule has 1 aliphatic heterocycles. The summed E-state index contributed by atoms with van der Waals surface area (Å²) in [4.78, 5) is 12.7. The Labute approximate surface area is 88.6 Å². The molecule has 5 heteroatoms. The molecular formula is C10H18F2N2O. The molecule has 1 aliphatic rings. The van der Waals surface area contributed by atoms with Crippen LogP contribution in [0.1, 0.15) is 26.2 Å². The molecule has 1 heterocycles. The number of hydrogen-bond acceptors (Lipinski definition) is 2.